The number of allylic oxidation sites excluding steroid dienone is 4. The zero-order valence-corrected chi connectivity index (χ0v) is 13.7. The molecule has 4 nitrogen and oxygen atoms in total. The minimum absolute atomic E-state index is 0.0862. The molecule has 0 amide bonds. The molecule has 0 N–H and O–H groups in total. The van der Waals surface area contributed by atoms with Gasteiger partial charge in [0, 0.05) is 16.7 Å². The molecular formula is C17H24O4. The number of esters is 1. The molecule has 0 saturated carbocycles. The van der Waals surface area contributed by atoms with Crippen LogP contribution in [0.1, 0.15) is 48.0 Å². The molecule has 1 rings (SSSR count). The molecule has 116 valence electrons. The molecule has 0 aromatic rings. The first-order chi connectivity index (χ1) is 9.58. The van der Waals surface area contributed by atoms with Gasteiger partial charge in [-0.1, -0.05) is 27.7 Å². The van der Waals surface area contributed by atoms with Crippen LogP contribution in [0.25, 0.3) is 0 Å². The highest BCUT2D eigenvalue weighted by molar-refractivity contribution is 6.22. The molecule has 0 fully saturated rings. The fraction of sp³-hybridized carbons (Fsp3) is 0.588. The summed E-state index contributed by atoms with van der Waals surface area (Å²) in [4.78, 5) is 35.7. The van der Waals surface area contributed by atoms with Crippen molar-refractivity contribution in [3.8, 4) is 0 Å². The lowest BCUT2D eigenvalue weighted by atomic mass is 9.73. The predicted octanol–water partition coefficient (Wildman–Crippen LogP) is 3.02. The van der Waals surface area contributed by atoms with Gasteiger partial charge < -0.3 is 4.74 Å². The summed E-state index contributed by atoms with van der Waals surface area (Å²) < 4.78 is 5.18. The van der Waals surface area contributed by atoms with Crippen molar-refractivity contribution in [2.24, 2.45) is 11.3 Å². The summed E-state index contributed by atoms with van der Waals surface area (Å²) in [6.07, 6.45) is 1.90. The smallest absolute Gasteiger partial charge is 0.308 e. The fourth-order valence-electron chi connectivity index (χ4n) is 2.47. The zero-order valence-electron chi connectivity index (χ0n) is 13.7. The van der Waals surface area contributed by atoms with Gasteiger partial charge in [-0.2, -0.15) is 0 Å². The molecule has 0 unspecified atom stereocenters. The molecule has 0 heterocycles. The maximum absolute atomic E-state index is 12.2. The van der Waals surface area contributed by atoms with Gasteiger partial charge in [-0.05, 0) is 31.8 Å². The molecule has 0 aromatic heterocycles. The van der Waals surface area contributed by atoms with E-state index in [9.17, 15) is 14.4 Å². The molecular weight excluding hydrogens is 268 g/mol. The monoisotopic (exact) mass is 292 g/mol. The molecule has 0 bridgehead atoms. The fourth-order valence-corrected chi connectivity index (χ4v) is 2.47. The number of hydrogen-bond donors (Lipinski definition) is 0. The first-order valence-electron chi connectivity index (χ1n) is 7.23. The number of hydrogen-bond acceptors (Lipinski definition) is 4. The second-order valence-corrected chi connectivity index (χ2v) is 6.48. The van der Waals surface area contributed by atoms with E-state index in [1.165, 1.54) is 6.08 Å². The van der Waals surface area contributed by atoms with Crippen LogP contribution in [0.3, 0.4) is 0 Å². The van der Waals surface area contributed by atoms with Crippen LogP contribution in [-0.2, 0) is 19.1 Å². The summed E-state index contributed by atoms with van der Waals surface area (Å²) in [5.41, 5.74) is 0.993. The van der Waals surface area contributed by atoms with Gasteiger partial charge >= 0.3 is 5.97 Å². The average molecular weight is 292 g/mol. The van der Waals surface area contributed by atoms with E-state index in [2.05, 4.69) is 0 Å². The maximum atomic E-state index is 12.2. The summed E-state index contributed by atoms with van der Waals surface area (Å²) in [5, 5.41) is 0. The van der Waals surface area contributed by atoms with E-state index in [1.54, 1.807) is 27.7 Å². The maximum Gasteiger partial charge on any atom is 0.308 e. The van der Waals surface area contributed by atoms with Crippen LogP contribution in [0, 0.1) is 11.3 Å². The van der Waals surface area contributed by atoms with Crippen LogP contribution in [0.2, 0.25) is 0 Å². The van der Waals surface area contributed by atoms with Crippen molar-refractivity contribution in [1.82, 2.24) is 0 Å². The number of rotatable bonds is 5. The summed E-state index contributed by atoms with van der Waals surface area (Å²) in [6.45, 7) is 10.9. The summed E-state index contributed by atoms with van der Waals surface area (Å²) in [7, 11) is 0. The molecule has 0 aliphatic heterocycles. The minimum Gasteiger partial charge on any atom is -0.465 e. The Balaban J connectivity index is 2.85. The Labute approximate surface area is 126 Å². The first kappa shape index (κ1) is 17.3. The molecule has 4 heteroatoms. The van der Waals surface area contributed by atoms with E-state index in [4.69, 9.17) is 4.74 Å². The molecule has 1 aliphatic rings. The lowest BCUT2D eigenvalue weighted by Gasteiger charge is -2.30. The Morgan fingerprint density at radius 1 is 1.24 bits per heavy atom. The molecule has 0 aromatic carbocycles. The van der Waals surface area contributed by atoms with E-state index in [0.29, 0.717) is 23.1 Å². The predicted molar refractivity (Wildman–Crippen MR) is 80.7 cm³/mol. The Morgan fingerprint density at radius 3 is 2.33 bits per heavy atom. The lowest BCUT2D eigenvalue weighted by molar-refractivity contribution is -0.147. The van der Waals surface area contributed by atoms with Crippen molar-refractivity contribution in [1.29, 1.82) is 0 Å². The summed E-state index contributed by atoms with van der Waals surface area (Å²) >= 11 is 0. The molecule has 21 heavy (non-hydrogen) atoms. The average Bonchev–Trinajstić information content (AvgIpc) is 2.35. The second-order valence-electron chi connectivity index (χ2n) is 6.48. The van der Waals surface area contributed by atoms with Gasteiger partial charge in [0.15, 0.2) is 11.6 Å². The topological polar surface area (TPSA) is 60.4 Å². The van der Waals surface area contributed by atoms with Gasteiger partial charge in [-0.25, -0.2) is 0 Å². The number of ketones is 2. The molecule has 0 radical (unpaired) electrons. The standard InChI is InChI=1S/C17H24O4/c1-10(2)16(20)21-8-7-17(5,6)14-12(4)15(19)11(3)9-13(14)18/h9-10H,7-8H2,1-6H3. The van der Waals surface area contributed by atoms with E-state index in [-0.39, 0.29) is 30.1 Å². The Hall–Kier alpha value is -1.71. The highest BCUT2D eigenvalue weighted by Crippen LogP contribution is 2.36. The third kappa shape index (κ3) is 3.90. The van der Waals surface area contributed by atoms with Crippen molar-refractivity contribution in [3.05, 3.63) is 22.8 Å². The van der Waals surface area contributed by atoms with E-state index in [0.717, 1.165) is 0 Å². The number of carbonyl (C=O) groups excluding carboxylic acids is 3. The second kappa shape index (κ2) is 6.37. The van der Waals surface area contributed by atoms with Gasteiger partial charge in [0.25, 0.3) is 0 Å². The third-order valence-corrected chi connectivity index (χ3v) is 3.79. The summed E-state index contributed by atoms with van der Waals surface area (Å²) in [5.74, 6) is -0.627. The van der Waals surface area contributed by atoms with E-state index >= 15 is 0 Å². The normalized spacial score (nSPS) is 16.4. The summed E-state index contributed by atoms with van der Waals surface area (Å²) in [6, 6.07) is 0. The minimum atomic E-state index is -0.509. The highest BCUT2D eigenvalue weighted by atomic mass is 16.5. The van der Waals surface area contributed by atoms with Crippen molar-refractivity contribution in [2.45, 2.75) is 48.0 Å². The number of carbonyl (C=O) groups is 3. The quantitative estimate of drug-likeness (QED) is 0.577. The van der Waals surface area contributed by atoms with Gasteiger partial charge in [0.1, 0.15) is 0 Å². The third-order valence-electron chi connectivity index (χ3n) is 3.79. The SMILES string of the molecule is CC1=CC(=O)C(C(C)(C)CCOC(=O)C(C)C)=C(C)C1=O. The van der Waals surface area contributed by atoms with Gasteiger partial charge in [0.05, 0.1) is 12.5 Å². The number of ether oxygens (including phenoxy) is 1. The molecule has 0 spiro atoms. The van der Waals surface area contributed by atoms with Crippen LogP contribution in [0.4, 0.5) is 0 Å². The largest absolute Gasteiger partial charge is 0.465 e. The van der Waals surface area contributed by atoms with Gasteiger partial charge in [0.2, 0.25) is 0 Å². The molecule has 0 atom stereocenters. The van der Waals surface area contributed by atoms with E-state index in [1.807, 2.05) is 13.8 Å². The van der Waals surface area contributed by atoms with Crippen LogP contribution < -0.4 is 0 Å². The van der Waals surface area contributed by atoms with Crippen molar-refractivity contribution in [2.75, 3.05) is 6.61 Å². The highest BCUT2D eigenvalue weighted by Gasteiger charge is 2.34. The van der Waals surface area contributed by atoms with Gasteiger partial charge in [-0.15, -0.1) is 0 Å². The molecule has 0 saturated heterocycles. The number of Topliss-reactive ketones (excluding diaryl/α,β-unsaturated/α-hetero) is 1. The van der Waals surface area contributed by atoms with Crippen LogP contribution in [0.5, 0.6) is 0 Å². The Morgan fingerprint density at radius 2 is 1.81 bits per heavy atom. The van der Waals surface area contributed by atoms with Crippen molar-refractivity contribution >= 4 is 17.5 Å². The van der Waals surface area contributed by atoms with Crippen LogP contribution in [-0.4, -0.2) is 24.1 Å². The Bertz CT molecular complexity index is 533. The lowest BCUT2D eigenvalue weighted by Crippen LogP contribution is -2.29. The van der Waals surface area contributed by atoms with Gasteiger partial charge in [-0.3, -0.25) is 14.4 Å². The first-order valence-corrected chi connectivity index (χ1v) is 7.23. The molecule has 1 aliphatic carbocycles. The van der Waals surface area contributed by atoms with Crippen molar-refractivity contribution < 1.29 is 19.1 Å². The Kier molecular flexibility index (Phi) is 5.26. The van der Waals surface area contributed by atoms with Crippen LogP contribution >= 0.6 is 0 Å². The van der Waals surface area contributed by atoms with Crippen molar-refractivity contribution in [3.63, 3.8) is 0 Å². The zero-order chi connectivity index (χ0) is 16.4. The van der Waals surface area contributed by atoms with E-state index < -0.39 is 5.41 Å². The van der Waals surface area contributed by atoms with Crippen LogP contribution in [0.15, 0.2) is 22.8 Å².